The fourth-order valence-corrected chi connectivity index (χ4v) is 2.99. The fourth-order valence-electron chi connectivity index (χ4n) is 2.29. The fraction of sp³-hybridized carbons (Fsp3) is 0.100. The van der Waals surface area contributed by atoms with Gasteiger partial charge in [0.25, 0.3) is 5.91 Å². The Labute approximate surface area is 159 Å². The highest BCUT2D eigenvalue weighted by molar-refractivity contribution is 7.10. The van der Waals surface area contributed by atoms with Gasteiger partial charge in [0, 0.05) is 16.3 Å². The van der Waals surface area contributed by atoms with E-state index >= 15 is 0 Å². The first kappa shape index (κ1) is 18.6. The van der Waals surface area contributed by atoms with E-state index in [1.165, 1.54) is 35.6 Å². The van der Waals surface area contributed by atoms with Gasteiger partial charge in [0.1, 0.15) is 11.6 Å². The molecule has 3 aromatic rings. The summed E-state index contributed by atoms with van der Waals surface area (Å²) in [6, 6.07) is 16.1. The number of carbonyl (C=O) groups excluding carboxylic acids is 2. The summed E-state index contributed by atoms with van der Waals surface area (Å²) in [5.74, 6) is -0.313. The number of thiophene rings is 1. The van der Waals surface area contributed by atoms with Crippen LogP contribution in [0.25, 0.3) is 0 Å². The topological polar surface area (TPSA) is 67.4 Å². The SMILES string of the molecule is O=C(COc1ccc(NC(=O)Cc2cccs2)cc1)Nc1ccc(F)cc1. The van der Waals surface area contributed by atoms with Gasteiger partial charge < -0.3 is 15.4 Å². The summed E-state index contributed by atoms with van der Waals surface area (Å²) in [5, 5.41) is 7.35. The standard InChI is InChI=1S/C20H17FN2O3S/c21-14-3-5-15(6-4-14)23-20(25)13-26-17-9-7-16(8-10-17)22-19(24)12-18-2-1-11-27-18/h1-11H,12-13H2,(H,22,24)(H,23,25). The van der Waals surface area contributed by atoms with Crippen LogP contribution in [0.5, 0.6) is 5.75 Å². The Morgan fingerprint density at radius 2 is 1.52 bits per heavy atom. The Kier molecular flexibility index (Phi) is 6.17. The summed E-state index contributed by atoms with van der Waals surface area (Å²) in [4.78, 5) is 24.8. The molecule has 0 radical (unpaired) electrons. The van der Waals surface area contributed by atoms with Gasteiger partial charge in [0.05, 0.1) is 6.42 Å². The maximum atomic E-state index is 12.8. The molecule has 2 amide bonds. The highest BCUT2D eigenvalue weighted by atomic mass is 32.1. The Morgan fingerprint density at radius 1 is 0.889 bits per heavy atom. The van der Waals surface area contributed by atoms with Crippen LogP contribution in [0.15, 0.2) is 66.0 Å². The van der Waals surface area contributed by atoms with E-state index in [4.69, 9.17) is 4.74 Å². The molecule has 1 heterocycles. The number of halogens is 1. The molecule has 138 valence electrons. The number of rotatable bonds is 7. The maximum absolute atomic E-state index is 12.8. The van der Waals surface area contributed by atoms with Gasteiger partial charge in [-0.05, 0) is 60.0 Å². The molecule has 0 aliphatic rings. The molecule has 1 aromatic heterocycles. The van der Waals surface area contributed by atoms with Crippen molar-refractivity contribution in [2.75, 3.05) is 17.2 Å². The van der Waals surface area contributed by atoms with E-state index < -0.39 is 0 Å². The third kappa shape index (κ3) is 5.93. The molecular weight excluding hydrogens is 367 g/mol. The molecule has 0 aliphatic heterocycles. The number of hydrogen-bond acceptors (Lipinski definition) is 4. The van der Waals surface area contributed by atoms with Crippen LogP contribution in [0.3, 0.4) is 0 Å². The highest BCUT2D eigenvalue weighted by Crippen LogP contribution is 2.17. The maximum Gasteiger partial charge on any atom is 0.262 e. The Bertz CT molecular complexity index is 894. The van der Waals surface area contributed by atoms with Crippen molar-refractivity contribution in [2.45, 2.75) is 6.42 Å². The minimum absolute atomic E-state index is 0.0928. The number of carbonyl (C=O) groups is 2. The van der Waals surface area contributed by atoms with Crippen molar-refractivity contribution in [1.82, 2.24) is 0 Å². The number of ether oxygens (including phenoxy) is 1. The van der Waals surface area contributed by atoms with Crippen LogP contribution >= 0.6 is 11.3 Å². The van der Waals surface area contributed by atoms with Crippen LogP contribution in [0.2, 0.25) is 0 Å². The molecule has 7 heteroatoms. The first-order chi connectivity index (χ1) is 13.1. The summed E-state index contributed by atoms with van der Waals surface area (Å²) in [6.45, 7) is -0.179. The molecule has 0 aliphatic carbocycles. The lowest BCUT2D eigenvalue weighted by Gasteiger charge is -2.09. The average molecular weight is 384 g/mol. The number of anilines is 2. The Morgan fingerprint density at radius 3 is 2.15 bits per heavy atom. The molecule has 2 N–H and O–H groups in total. The average Bonchev–Trinajstić information content (AvgIpc) is 3.16. The van der Waals surface area contributed by atoms with E-state index in [0.717, 1.165) is 4.88 Å². The van der Waals surface area contributed by atoms with Crippen molar-refractivity contribution in [3.8, 4) is 5.75 Å². The Hall–Kier alpha value is -3.19. The zero-order valence-corrected chi connectivity index (χ0v) is 15.1. The normalized spacial score (nSPS) is 10.3. The van der Waals surface area contributed by atoms with Crippen LogP contribution in [0, 0.1) is 5.82 Å². The summed E-state index contributed by atoms with van der Waals surface area (Å²) >= 11 is 1.54. The summed E-state index contributed by atoms with van der Waals surface area (Å²) in [5.41, 5.74) is 1.15. The van der Waals surface area contributed by atoms with Crippen molar-refractivity contribution in [1.29, 1.82) is 0 Å². The molecule has 0 fully saturated rings. The number of hydrogen-bond donors (Lipinski definition) is 2. The van der Waals surface area contributed by atoms with Gasteiger partial charge >= 0.3 is 0 Å². The van der Waals surface area contributed by atoms with Crippen molar-refractivity contribution in [3.63, 3.8) is 0 Å². The van der Waals surface area contributed by atoms with E-state index in [1.54, 1.807) is 24.3 Å². The second kappa shape index (κ2) is 8.95. The van der Waals surface area contributed by atoms with Crippen molar-refractivity contribution < 1.29 is 18.7 Å². The van der Waals surface area contributed by atoms with Gasteiger partial charge in [-0.25, -0.2) is 4.39 Å². The van der Waals surface area contributed by atoms with Crippen molar-refractivity contribution in [2.24, 2.45) is 0 Å². The van der Waals surface area contributed by atoms with Crippen LogP contribution in [-0.4, -0.2) is 18.4 Å². The largest absolute Gasteiger partial charge is 0.484 e. The zero-order chi connectivity index (χ0) is 19.1. The Balaban J connectivity index is 1.45. The van der Waals surface area contributed by atoms with Crippen LogP contribution < -0.4 is 15.4 Å². The molecule has 5 nitrogen and oxygen atoms in total. The lowest BCUT2D eigenvalue weighted by atomic mass is 10.2. The predicted molar refractivity (Wildman–Crippen MR) is 104 cm³/mol. The van der Waals surface area contributed by atoms with E-state index in [1.807, 2.05) is 17.5 Å². The molecule has 0 spiro atoms. The highest BCUT2D eigenvalue weighted by Gasteiger charge is 2.07. The van der Waals surface area contributed by atoms with Crippen molar-refractivity contribution in [3.05, 3.63) is 76.7 Å². The number of amides is 2. The lowest BCUT2D eigenvalue weighted by Crippen LogP contribution is -2.20. The smallest absolute Gasteiger partial charge is 0.262 e. The number of nitrogens with one attached hydrogen (secondary N) is 2. The molecule has 0 unspecified atom stereocenters. The van der Waals surface area contributed by atoms with E-state index in [9.17, 15) is 14.0 Å². The monoisotopic (exact) mass is 384 g/mol. The quantitative estimate of drug-likeness (QED) is 0.645. The number of benzene rings is 2. The van der Waals surface area contributed by atoms with Gasteiger partial charge in [-0.1, -0.05) is 6.07 Å². The first-order valence-electron chi connectivity index (χ1n) is 8.19. The molecular formula is C20H17FN2O3S. The van der Waals surface area contributed by atoms with Crippen LogP contribution in [0.4, 0.5) is 15.8 Å². The van der Waals surface area contributed by atoms with E-state index in [0.29, 0.717) is 23.5 Å². The van der Waals surface area contributed by atoms with E-state index in [2.05, 4.69) is 10.6 Å². The summed E-state index contributed by atoms with van der Waals surface area (Å²) < 4.78 is 18.2. The third-order valence-electron chi connectivity index (χ3n) is 3.55. The minimum Gasteiger partial charge on any atom is -0.484 e. The second-order valence-electron chi connectivity index (χ2n) is 5.67. The first-order valence-corrected chi connectivity index (χ1v) is 9.07. The summed E-state index contributed by atoms with van der Waals surface area (Å²) in [6.07, 6.45) is 0.333. The lowest BCUT2D eigenvalue weighted by molar-refractivity contribution is -0.118. The van der Waals surface area contributed by atoms with Gasteiger partial charge in [0.2, 0.25) is 5.91 Å². The van der Waals surface area contributed by atoms with E-state index in [-0.39, 0.29) is 24.2 Å². The molecule has 3 rings (SSSR count). The molecule has 0 atom stereocenters. The van der Waals surface area contributed by atoms with Crippen molar-refractivity contribution >= 4 is 34.5 Å². The van der Waals surface area contributed by atoms with Crippen LogP contribution in [-0.2, 0) is 16.0 Å². The predicted octanol–water partition coefficient (Wildman–Crippen LogP) is 4.09. The van der Waals surface area contributed by atoms with Gasteiger partial charge in [0.15, 0.2) is 6.61 Å². The molecule has 27 heavy (non-hydrogen) atoms. The second-order valence-corrected chi connectivity index (χ2v) is 6.70. The molecule has 0 bridgehead atoms. The molecule has 0 saturated heterocycles. The van der Waals surface area contributed by atoms with Crippen LogP contribution in [0.1, 0.15) is 4.88 Å². The molecule has 0 saturated carbocycles. The minimum atomic E-state index is -0.369. The summed E-state index contributed by atoms with van der Waals surface area (Å²) in [7, 11) is 0. The van der Waals surface area contributed by atoms with Gasteiger partial charge in [-0.3, -0.25) is 9.59 Å². The van der Waals surface area contributed by atoms with Gasteiger partial charge in [-0.15, -0.1) is 11.3 Å². The molecule has 2 aromatic carbocycles. The van der Waals surface area contributed by atoms with Gasteiger partial charge in [-0.2, -0.15) is 0 Å². The zero-order valence-electron chi connectivity index (χ0n) is 14.3. The third-order valence-corrected chi connectivity index (χ3v) is 4.43.